The fourth-order valence-electron chi connectivity index (χ4n) is 5.03. The Morgan fingerprint density at radius 3 is 2.58 bits per heavy atom. The van der Waals surface area contributed by atoms with E-state index in [0.29, 0.717) is 35.9 Å². The van der Waals surface area contributed by atoms with E-state index in [-0.39, 0.29) is 23.5 Å². The smallest absolute Gasteiger partial charge is 0.270 e. The summed E-state index contributed by atoms with van der Waals surface area (Å²) >= 11 is 0. The van der Waals surface area contributed by atoms with Gasteiger partial charge < -0.3 is 14.8 Å². The van der Waals surface area contributed by atoms with E-state index >= 15 is 0 Å². The Morgan fingerprint density at radius 1 is 1.06 bits per heavy atom. The first kappa shape index (κ1) is 21.6. The molecular weight excluding hydrogens is 421 g/mol. The van der Waals surface area contributed by atoms with E-state index < -0.39 is 0 Å². The molecule has 0 spiro atoms. The summed E-state index contributed by atoms with van der Waals surface area (Å²) in [5.74, 6) is 0.285. The number of carbonyl (C=O) groups is 2. The quantitative estimate of drug-likeness (QED) is 0.656. The van der Waals surface area contributed by atoms with Gasteiger partial charge in [0.15, 0.2) is 0 Å². The van der Waals surface area contributed by atoms with Crippen LogP contribution >= 0.6 is 0 Å². The highest BCUT2D eigenvalue weighted by atomic mass is 19.1. The van der Waals surface area contributed by atoms with Crippen molar-refractivity contribution in [3.63, 3.8) is 0 Å². The van der Waals surface area contributed by atoms with Crippen molar-refractivity contribution < 1.29 is 14.0 Å². The normalized spacial score (nSPS) is 18.8. The SMILES string of the molecule is Cc1nc([C@H]2CCCN(C(=O)c3[nH]c4ccc(F)cc4c3C)C2)ncc1C(=O)N1CCCC1. The molecule has 3 aromatic rings. The summed E-state index contributed by atoms with van der Waals surface area (Å²) in [7, 11) is 0. The second-order valence-corrected chi connectivity index (χ2v) is 9.13. The van der Waals surface area contributed by atoms with Gasteiger partial charge in [0.25, 0.3) is 11.8 Å². The van der Waals surface area contributed by atoms with Crippen molar-refractivity contribution in [2.24, 2.45) is 0 Å². The summed E-state index contributed by atoms with van der Waals surface area (Å²) in [5.41, 5.74) is 3.26. The standard InChI is InChI=1S/C25H28FN5O2/c1-15-19-12-18(26)7-8-21(19)29-22(15)25(33)31-11-5-6-17(14-31)23-27-13-20(16(2)28-23)24(32)30-9-3-4-10-30/h7-8,12-13,17,29H,3-6,9-11,14H2,1-2H3/t17-/m0/s1. The molecule has 2 amide bonds. The molecule has 1 aromatic carbocycles. The molecule has 1 atom stereocenters. The van der Waals surface area contributed by atoms with E-state index in [1.54, 1.807) is 12.3 Å². The molecule has 7 nitrogen and oxygen atoms in total. The minimum atomic E-state index is -0.319. The van der Waals surface area contributed by atoms with Gasteiger partial charge in [0.05, 0.1) is 11.3 Å². The van der Waals surface area contributed by atoms with Crippen LogP contribution in [0.2, 0.25) is 0 Å². The molecule has 33 heavy (non-hydrogen) atoms. The van der Waals surface area contributed by atoms with Crippen molar-refractivity contribution >= 4 is 22.7 Å². The Bertz CT molecular complexity index is 1230. The van der Waals surface area contributed by atoms with Crippen molar-refractivity contribution in [3.05, 3.63) is 58.6 Å². The predicted octanol–water partition coefficient (Wildman–Crippen LogP) is 3.97. The lowest BCUT2D eigenvalue weighted by atomic mass is 9.96. The van der Waals surface area contributed by atoms with Gasteiger partial charge in [-0.2, -0.15) is 0 Å². The summed E-state index contributed by atoms with van der Waals surface area (Å²) in [6.45, 7) is 6.45. The molecule has 8 heteroatoms. The molecule has 0 saturated carbocycles. The number of likely N-dealkylation sites (tertiary alicyclic amines) is 2. The van der Waals surface area contributed by atoms with Crippen molar-refractivity contribution in [2.45, 2.75) is 45.4 Å². The molecule has 2 fully saturated rings. The lowest BCUT2D eigenvalue weighted by molar-refractivity contribution is 0.0698. The molecule has 2 aliphatic heterocycles. The number of fused-ring (bicyclic) bond motifs is 1. The fourth-order valence-corrected chi connectivity index (χ4v) is 5.03. The largest absolute Gasteiger partial charge is 0.350 e. The Kier molecular flexibility index (Phi) is 5.60. The van der Waals surface area contributed by atoms with Crippen LogP contribution in [0.5, 0.6) is 0 Å². The maximum absolute atomic E-state index is 13.7. The van der Waals surface area contributed by atoms with Crippen LogP contribution in [-0.4, -0.2) is 62.7 Å². The molecule has 5 rings (SSSR count). The van der Waals surface area contributed by atoms with Gasteiger partial charge in [0, 0.05) is 49.2 Å². The van der Waals surface area contributed by atoms with Crippen LogP contribution < -0.4 is 0 Å². The highest BCUT2D eigenvalue weighted by molar-refractivity contribution is 6.01. The minimum absolute atomic E-state index is 0.00252. The molecule has 172 valence electrons. The maximum Gasteiger partial charge on any atom is 0.270 e. The maximum atomic E-state index is 13.7. The number of halogens is 1. The number of benzene rings is 1. The topological polar surface area (TPSA) is 82.2 Å². The number of piperidine rings is 1. The van der Waals surface area contributed by atoms with Gasteiger partial charge in [-0.3, -0.25) is 9.59 Å². The number of rotatable bonds is 3. The van der Waals surface area contributed by atoms with Crippen LogP contribution in [0.3, 0.4) is 0 Å². The van der Waals surface area contributed by atoms with Crippen LogP contribution in [0.15, 0.2) is 24.4 Å². The third-order valence-electron chi connectivity index (χ3n) is 6.93. The summed E-state index contributed by atoms with van der Waals surface area (Å²) in [6.07, 6.45) is 5.47. The molecule has 0 radical (unpaired) electrons. The van der Waals surface area contributed by atoms with Crippen molar-refractivity contribution in [3.8, 4) is 0 Å². The average molecular weight is 450 g/mol. The van der Waals surface area contributed by atoms with Crippen LogP contribution in [0.1, 0.15) is 69.5 Å². The third-order valence-corrected chi connectivity index (χ3v) is 6.93. The van der Waals surface area contributed by atoms with Gasteiger partial charge in [-0.1, -0.05) is 0 Å². The third kappa shape index (κ3) is 3.98. The molecule has 0 bridgehead atoms. The Balaban J connectivity index is 1.34. The fraction of sp³-hybridized carbons (Fsp3) is 0.440. The Morgan fingerprint density at radius 2 is 1.82 bits per heavy atom. The number of nitrogens with zero attached hydrogens (tertiary/aromatic N) is 4. The van der Waals surface area contributed by atoms with Gasteiger partial charge in [-0.25, -0.2) is 14.4 Å². The second kappa shape index (κ2) is 8.57. The van der Waals surface area contributed by atoms with Crippen LogP contribution in [-0.2, 0) is 0 Å². The zero-order valence-electron chi connectivity index (χ0n) is 19.0. The number of H-pyrrole nitrogens is 1. The van der Waals surface area contributed by atoms with Crippen LogP contribution in [0.4, 0.5) is 4.39 Å². The highest BCUT2D eigenvalue weighted by Crippen LogP contribution is 2.29. The Labute approximate surface area is 192 Å². The van der Waals surface area contributed by atoms with E-state index in [2.05, 4.69) is 15.0 Å². The van der Waals surface area contributed by atoms with Crippen molar-refractivity contribution in [2.75, 3.05) is 26.2 Å². The van der Waals surface area contributed by atoms with E-state index in [9.17, 15) is 14.0 Å². The number of nitrogens with one attached hydrogen (secondary N) is 1. The van der Waals surface area contributed by atoms with E-state index in [0.717, 1.165) is 55.2 Å². The first-order valence-corrected chi connectivity index (χ1v) is 11.6. The molecular formula is C25H28FN5O2. The second-order valence-electron chi connectivity index (χ2n) is 9.13. The first-order valence-electron chi connectivity index (χ1n) is 11.6. The van der Waals surface area contributed by atoms with Crippen molar-refractivity contribution in [1.82, 2.24) is 24.8 Å². The van der Waals surface area contributed by atoms with Gasteiger partial charge in [-0.15, -0.1) is 0 Å². The average Bonchev–Trinajstić information content (AvgIpc) is 3.47. The molecule has 1 N–H and O–H groups in total. The monoisotopic (exact) mass is 449 g/mol. The molecule has 2 saturated heterocycles. The first-order chi connectivity index (χ1) is 15.9. The zero-order chi connectivity index (χ0) is 23.1. The van der Waals surface area contributed by atoms with Crippen molar-refractivity contribution in [1.29, 1.82) is 0 Å². The predicted molar refractivity (Wildman–Crippen MR) is 123 cm³/mol. The number of amides is 2. The number of aryl methyl sites for hydroxylation is 2. The summed E-state index contributed by atoms with van der Waals surface area (Å²) in [5, 5.41) is 0.726. The summed E-state index contributed by atoms with van der Waals surface area (Å²) in [4.78, 5) is 42.1. The Hall–Kier alpha value is -3.29. The molecule has 0 aliphatic carbocycles. The lowest BCUT2D eigenvalue weighted by Crippen LogP contribution is -2.40. The van der Waals surface area contributed by atoms with E-state index in [1.807, 2.05) is 23.6 Å². The molecule has 2 aliphatic rings. The summed E-state index contributed by atoms with van der Waals surface area (Å²) in [6, 6.07) is 4.51. The van der Waals surface area contributed by atoms with Gasteiger partial charge in [0.1, 0.15) is 17.3 Å². The number of aromatic nitrogens is 3. The van der Waals surface area contributed by atoms with E-state index in [1.165, 1.54) is 12.1 Å². The number of hydrogen-bond donors (Lipinski definition) is 1. The lowest BCUT2D eigenvalue weighted by Gasteiger charge is -2.32. The van der Waals surface area contributed by atoms with Gasteiger partial charge >= 0.3 is 0 Å². The van der Waals surface area contributed by atoms with Gasteiger partial charge in [-0.05, 0) is 63.3 Å². The van der Waals surface area contributed by atoms with Crippen LogP contribution in [0.25, 0.3) is 10.9 Å². The number of aromatic amines is 1. The molecule has 2 aromatic heterocycles. The number of hydrogen-bond acceptors (Lipinski definition) is 4. The van der Waals surface area contributed by atoms with Gasteiger partial charge in [0.2, 0.25) is 0 Å². The van der Waals surface area contributed by atoms with Crippen LogP contribution in [0, 0.1) is 19.7 Å². The number of carbonyl (C=O) groups excluding carboxylic acids is 2. The minimum Gasteiger partial charge on any atom is -0.350 e. The molecule has 4 heterocycles. The zero-order valence-corrected chi connectivity index (χ0v) is 19.0. The molecule has 0 unspecified atom stereocenters. The highest BCUT2D eigenvalue weighted by Gasteiger charge is 2.30. The summed E-state index contributed by atoms with van der Waals surface area (Å²) < 4.78 is 13.7. The van der Waals surface area contributed by atoms with E-state index in [4.69, 9.17) is 0 Å².